The minimum Gasteiger partial charge on any atom is -0.496 e. The summed E-state index contributed by atoms with van der Waals surface area (Å²) in [4.78, 5) is 19.5. The Morgan fingerprint density at radius 1 is 1.22 bits per heavy atom. The fourth-order valence-corrected chi connectivity index (χ4v) is 4.46. The molecule has 0 aliphatic carbocycles. The number of pyridine rings is 1. The van der Waals surface area contributed by atoms with E-state index < -0.39 is 0 Å². The highest BCUT2D eigenvalue weighted by atomic mass is 79.9. The first-order valence-corrected chi connectivity index (χ1v) is 11.0. The molecule has 0 spiro atoms. The molecule has 0 unspecified atom stereocenters. The number of carbonyl (C=O) groups is 1. The predicted octanol–water partition coefficient (Wildman–Crippen LogP) is 5.13. The van der Waals surface area contributed by atoms with E-state index >= 15 is 0 Å². The number of ketones is 1. The molecule has 162 valence electrons. The van der Waals surface area contributed by atoms with Crippen LogP contribution in [0.25, 0.3) is 6.08 Å². The monoisotopic (exact) mass is 492 g/mol. The Kier molecular flexibility index (Phi) is 5.45. The van der Waals surface area contributed by atoms with E-state index in [-0.39, 0.29) is 11.5 Å². The quantitative estimate of drug-likeness (QED) is 0.470. The van der Waals surface area contributed by atoms with Crippen molar-refractivity contribution in [2.45, 2.75) is 20.0 Å². The van der Waals surface area contributed by atoms with Crippen LogP contribution in [0.5, 0.6) is 17.2 Å². The minimum absolute atomic E-state index is 0.131. The third-order valence-electron chi connectivity index (χ3n) is 5.62. The van der Waals surface area contributed by atoms with Crippen LogP contribution in [0.1, 0.15) is 32.6 Å². The summed E-state index contributed by atoms with van der Waals surface area (Å²) in [5.74, 6) is 2.16. The van der Waals surface area contributed by atoms with Gasteiger partial charge in [0.25, 0.3) is 0 Å². The molecule has 0 saturated carbocycles. The number of carbonyl (C=O) groups excluding carboxylic acids is 1. The number of ether oxygens (including phenoxy) is 3. The van der Waals surface area contributed by atoms with Crippen molar-refractivity contribution in [3.05, 3.63) is 86.8 Å². The van der Waals surface area contributed by atoms with Crippen LogP contribution in [0.4, 0.5) is 0 Å². The average molecular weight is 493 g/mol. The second-order valence-electron chi connectivity index (χ2n) is 7.82. The van der Waals surface area contributed by atoms with Crippen molar-refractivity contribution in [1.29, 1.82) is 0 Å². The third kappa shape index (κ3) is 3.78. The molecule has 6 nitrogen and oxygen atoms in total. The first kappa shape index (κ1) is 20.7. The molecule has 5 rings (SSSR count). The molecule has 3 heterocycles. The first-order chi connectivity index (χ1) is 15.5. The molecular formula is C25H21BrN2O4. The fourth-order valence-electron chi connectivity index (χ4n) is 4.08. The average Bonchev–Trinajstić information content (AvgIpc) is 3.12. The summed E-state index contributed by atoms with van der Waals surface area (Å²) in [5, 5.41) is 0. The molecule has 1 aromatic heterocycles. The number of aromatic nitrogens is 1. The summed E-state index contributed by atoms with van der Waals surface area (Å²) in [6.45, 7) is 3.73. The fraction of sp³-hybridized carbons (Fsp3) is 0.200. The van der Waals surface area contributed by atoms with Crippen LogP contribution in [0.3, 0.4) is 0 Å². The lowest BCUT2D eigenvalue weighted by Gasteiger charge is -2.30. The maximum Gasteiger partial charge on any atom is 0.232 e. The Hall–Kier alpha value is -3.16. The Morgan fingerprint density at radius 3 is 2.81 bits per heavy atom. The Bertz CT molecular complexity index is 1240. The number of nitrogens with zero attached hydrogens (tertiary/aromatic N) is 2. The molecule has 32 heavy (non-hydrogen) atoms. The van der Waals surface area contributed by atoms with Crippen molar-refractivity contribution < 1.29 is 19.0 Å². The van der Waals surface area contributed by atoms with E-state index in [1.165, 1.54) is 0 Å². The normalized spacial score (nSPS) is 16.3. The van der Waals surface area contributed by atoms with Gasteiger partial charge in [0.05, 0.1) is 18.2 Å². The second-order valence-corrected chi connectivity index (χ2v) is 8.73. The molecule has 0 fully saturated rings. The highest BCUT2D eigenvalue weighted by Crippen LogP contribution is 2.44. The van der Waals surface area contributed by atoms with Gasteiger partial charge in [-0.15, -0.1) is 0 Å². The van der Waals surface area contributed by atoms with Crippen molar-refractivity contribution in [2.24, 2.45) is 0 Å². The van der Waals surface area contributed by atoms with Crippen LogP contribution in [-0.4, -0.2) is 29.5 Å². The lowest BCUT2D eigenvalue weighted by atomic mass is 9.98. The molecule has 2 aliphatic rings. The van der Waals surface area contributed by atoms with Gasteiger partial charge in [0, 0.05) is 35.5 Å². The summed E-state index contributed by atoms with van der Waals surface area (Å²) in [5.41, 5.74) is 4.24. The standard InChI is InChI=1S/C25H21BrN2O4/c1-15-9-21-19(13-28(14-31-21)12-16-5-7-27-8-6-16)25-23(15)24(29)22(32-25)11-17-10-18(26)3-4-20(17)30-2/h3-11H,12-14H2,1-2H3/b22-11-. The van der Waals surface area contributed by atoms with E-state index in [0.29, 0.717) is 30.3 Å². The summed E-state index contributed by atoms with van der Waals surface area (Å²) >= 11 is 3.48. The summed E-state index contributed by atoms with van der Waals surface area (Å²) in [6.07, 6.45) is 5.30. The number of methoxy groups -OCH3 is 1. The lowest BCUT2D eigenvalue weighted by Crippen LogP contribution is -2.31. The number of benzene rings is 2. The van der Waals surface area contributed by atoms with Gasteiger partial charge < -0.3 is 14.2 Å². The van der Waals surface area contributed by atoms with Gasteiger partial charge in [-0.1, -0.05) is 15.9 Å². The maximum absolute atomic E-state index is 13.3. The van der Waals surface area contributed by atoms with Gasteiger partial charge in [-0.2, -0.15) is 0 Å². The van der Waals surface area contributed by atoms with E-state index in [1.54, 1.807) is 25.6 Å². The molecule has 0 radical (unpaired) electrons. The van der Waals surface area contributed by atoms with Gasteiger partial charge >= 0.3 is 0 Å². The van der Waals surface area contributed by atoms with Gasteiger partial charge in [-0.25, -0.2) is 0 Å². The number of rotatable bonds is 4. The zero-order valence-corrected chi connectivity index (χ0v) is 19.3. The van der Waals surface area contributed by atoms with E-state index in [4.69, 9.17) is 14.2 Å². The SMILES string of the molecule is COc1ccc(Br)cc1/C=C1\Oc2c3c(cc(C)c2C1=O)OCN(Cc1ccncc1)C3. The Balaban J connectivity index is 1.49. The van der Waals surface area contributed by atoms with Gasteiger partial charge in [-0.3, -0.25) is 14.7 Å². The molecule has 7 heteroatoms. The molecular weight excluding hydrogens is 472 g/mol. The zero-order valence-electron chi connectivity index (χ0n) is 17.7. The number of allylic oxidation sites excluding steroid dienone is 1. The van der Waals surface area contributed by atoms with E-state index in [1.807, 2.05) is 43.3 Å². The van der Waals surface area contributed by atoms with Crippen LogP contribution < -0.4 is 14.2 Å². The van der Waals surface area contributed by atoms with Crippen LogP contribution in [0, 0.1) is 6.92 Å². The predicted molar refractivity (Wildman–Crippen MR) is 124 cm³/mol. The number of hydrogen-bond acceptors (Lipinski definition) is 6. The van der Waals surface area contributed by atoms with Crippen molar-refractivity contribution in [1.82, 2.24) is 9.88 Å². The van der Waals surface area contributed by atoms with Crippen molar-refractivity contribution in [3.63, 3.8) is 0 Å². The van der Waals surface area contributed by atoms with E-state index in [0.717, 1.165) is 39.0 Å². The number of fused-ring (bicyclic) bond motifs is 3. The summed E-state index contributed by atoms with van der Waals surface area (Å²) < 4.78 is 18.5. The number of hydrogen-bond donors (Lipinski definition) is 0. The van der Waals surface area contributed by atoms with Gasteiger partial charge in [0.15, 0.2) is 5.76 Å². The van der Waals surface area contributed by atoms with Crippen LogP contribution >= 0.6 is 15.9 Å². The van der Waals surface area contributed by atoms with Crippen LogP contribution in [0.15, 0.2) is 59.0 Å². The molecule has 3 aromatic rings. The maximum atomic E-state index is 13.3. The first-order valence-electron chi connectivity index (χ1n) is 10.2. The zero-order chi connectivity index (χ0) is 22.2. The molecule has 0 bridgehead atoms. The third-order valence-corrected chi connectivity index (χ3v) is 6.11. The molecule has 2 aliphatic heterocycles. The Morgan fingerprint density at radius 2 is 2.03 bits per heavy atom. The van der Waals surface area contributed by atoms with Crippen LogP contribution in [0.2, 0.25) is 0 Å². The van der Waals surface area contributed by atoms with E-state index in [2.05, 4.69) is 25.8 Å². The molecule has 0 atom stereocenters. The van der Waals surface area contributed by atoms with Gasteiger partial charge in [-0.05, 0) is 60.5 Å². The number of Topliss-reactive ketones (excluding diaryl/α,β-unsaturated/α-hetero) is 1. The van der Waals surface area contributed by atoms with Crippen molar-refractivity contribution >= 4 is 27.8 Å². The minimum atomic E-state index is -0.131. The molecule has 0 saturated heterocycles. The van der Waals surface area contributed by atoms with Crippen molar-refractivity contribution in [2.75, 3.05) is 13.8 Å². The Labute approximate surface area is 194 Å². The van der Waals surface area contributed by atoms with Crippen molar-refractivity contribution in [3.8, 4) is 17.2 Å². The molecule has 0 N–H and O–H groups in total. The molecule has 2 aromatic carbocycles. The molecule has 0 amide bonds. The van der Waals surface area contributed by atoms with Crippen LogP contribution in [-0.2, 0) is 13.1 Å². The number of aryl methyl sites for hydroxylation is 1. The van der Waals surface area contributed by atoms with E-state index in [9.17, 15) is 4.79 Å². The number of halogens is 1. The topological polar surface area (TPSA) is 60.9 Å². The van der Waals surface area contributed by atoms with Gasteiger partial charge in [0.2, 0.25) is 5.78 Å². The van der Waals surface area contributed by atoms with Gasteiger partial charge in [0.1, 0.15) is 24.0 Å². The summed E-state index contributed by atoms with van der Waals surface area (Å²) in [7, 11) is 1.60. The smallest absolute Gasteiger partial charge is 0.232 e. The summed E-state index contributed by atoms with van der Waals surface area (Å²) in [6, 6.07) is 11.5. The largest absolute Gasteiger partial charge is 0.496 e. The lowest BCUT2D eigenvalue weighted by molar-refractivity contribution is 0.0872. The second kappa shape index (κ2) is 8.41. The highest BCUT2D eigenvalue weighted by molar-refractivity contribution is 9.10. The highest BCUT2D eigenvalue weighted by Gasteiger charge is 2.35.